The van der Waals surface area contributed by atoms with Gasteiger partial charge in [0.05, 0.1) is 0 Å². The monoisotopic (exact) mass is 290 g/mol. The molecule has 2 aromatic heterocycles. The quantitative estimate of drug-likeness (QED) is 0.766. The molecule has 0 unspecified atom stereocenters. The van der Waals surface area contributed by atoms with E-state index in [-0.39, 0.29) is 0 Å². The lowest BCUT2D eigenvalue weighted by atomic mass is 10.3. The molecule has 0 aliphatic carbocycles. The van der Waals surface area contributed by atoms with Crippen LogP contribution in [0.3, 0.4) is 0 Å². The van der Waals surface area contributed by atoms with Gasteiger partial charge in [-0.2, -0.15) is 5.10 Å². The van der Waals surface area contributed by atoms with Gasteiger partial charge in [-0.1, -0.05) is 0 Å². The van der Waals surface area contributed by atoms with Crippen molar-refractivity contribution in [3.63, 3.8) is 0 Å². The third-order valence-corrected chi connectivity index (χ3v) is 3.07. The predicted octanol–water partition coefficient (Wildman–Crippen LogP) is 1.44. The van der Waals surface area contributed by atoms with E-state index in [4.69, 9.17) is 4.74 Å². The zero-order valence-corrected chi connectivity index (χ0v) is 12.8. The summed E-state index contributed by atoms with van der Waals surface area (Å²) in [7, 11) is 3.78. The molecule has 2 rings (SSSR count). The molecule has 7 heteroatoms. The van der Waals surface area contributed by atoms with Crippen molar-refractivity contribution < 1.29 is 4.74 Å². The van der Waals surface area contributed by atoms with Crippen LogP contribution in [0.4, 0.5) is 11.6 Å². The number of hydrogen-bond acceptors (Lipinski definition) is 6. The Morgan fingerprint density at radius 2 is 2.10 bits per heavy atom. The lowest BCUT2D eigenvalue weighted by Crippen LogP contribution is -2.11. The van der Waals surface area contributed by atoms with Gasteiger partial charge in [-0.25, -0.2) is 9.97 Å². The fourth-order valence-corrected chi connectivity index (χ4v) is 1.94. The average molecular weight is 290 g/mol. The van der Waals surface area contributed by atoms with Crippen molar-refractivity contribution >= 4 is 11.6 Å². The van der Waals surface area contributed by atoms with Crippen LogP contribution in [0.15, 0.2) is 18.3 Å². The van der Waals surface area contributed by atoms with Crippen LogP contribution in [0, 0.1) is 0 Å². The second-order valence-electron chi connectivity index (χ2n) is 4.56. The summed E-state index contributed by atoms with van der Waals surface area (Å²) < 4.78 is 7.24. The first-order chi connectivity index (χ1) is 10.2. The van der Waals surface area contributed by atoms with E-state index in [1.165, 1.54) is 5.69 Å². The zero-order valence-electron chi connectivity index (χ0n) is 12.8. The molecule has 0 fully saturated rings. The summed E-state index contributed by atoms with van der Waals surface area (Å²) in [4.78, 5) is 8.81. The summed E-state index contributed by atoms with van der Waals surface area (Å²) in [5.74, 6) is 2.25. The molecule has 114 valence electrons. The van der Waals surface area contributed by atoms with E-state index >= 15 is 0 Å². The minimum absolute atomic E-state index is 0.419. The lowest BCUT2D eigenvalue weighted by molar-refractivity contribution is 0.128. The van der Waals surface area contributed by atoms with Gasteiger partial charge in [0.25, 0.3) is 0 Å². The highest BCUT2D eigenvalue weighted by Crippen LogP contribution is 2.11. The second kappa shape index (κ2) is 7.58. The third kappa shape index (κ3) is 4.42. The number of nitrogens with zero attached hydrogens (tertiary/aromatic N) is 4. The highest BCUT2D eigenvalue weighted by Gasteiger charge is 2.04. The number of anilines is 2. The van der Waals surface area contributed by atoms with Crippen molar-refractivity contribution in [2.75, 3.05) is 30.8 Å². The molecule has 0 aliphatic rings. The molecule has 0 saturated heterocycles. The van der Waals surface area contributed by atoms with Gasteiger partial charge < -0.3 is 15.4 Å². The first-order valence-electron chi connectivity index (χ1n) is 7.07. The molecular formula is C14H22N6O. The average Bonchev–Trinajstić information content (AvgIpc) is 2.90. The van der Waals surface area contributed by atoms with E-state index in [0.717, 1.165) is 24.6 Å². The molecule has 0 aromatic carbocycles. The molecule has 0 amide bonds. The van der Waals surface area contributed by atoms with Gasteiger partial charge >= 0.3 is 0 Å². The Bertz CT molecular complexity index is 568. The van der Waals surface area contributed by atoms with Gasteiger partial charge in [-0.3, -0.25) is 4.68 Å². The van der Waals surface area contributed by atoms with E-state index in [0.29, 0.717) is 19.0 Å². The van der Waals surface area contributed by atoms with Gasteiger partial charge in [0.1, 0.15) is 18.2 Å². The topological polar surface area (TPSA) is 76.9 Å². The molecule has 2 aromatic rings. The van der Waals surface area contributed by atoms with Crippen LogP contribution in [0.2, 0.25) is 0 Å². The largest absolute Gasteiger partial charge is 0.374 e. The summed E-state index contributed by atoms with van der Waals surface area (Å²) in [6, 6.07) is 3.90. The van der Waals surface area contributed by atoms with Gasteiger partial charge in [-0.05, 0) is 13.0 Å². The van der Waals surface area contributed by atoms with E-state index in [2.05, 4.69) is 25.7 Å². The Hall–Kier alpha value is -2.15. The Labute approximate surface area is 124 Å². The van der Waals surface area contributed by atoms with Crippen LogP contribution in [0.1, 0.15) is 18.4 Å². The Morgan fingerprint density at radius 3 is 2.76 bits per heavy atom. The van der Waals surface area contributed by atoms with Crippen LogP contribution in [-0.2, 0) is 24.8 Å². The normalized spacial score (nSPS) is 10.6. The molecule has 0 atom stereocenters. The number of rotatable bonds is 8. The van der Waals surface area contributed by atoms with Crippen molar-refractivity contribution in [3.05, 3.63) is 29.8 Å². The Balaban J connectivity index is 1.96. The van der Waals surface area contributed by atoms with Crippen molar-refractivity contribution in [1.82, 2.24) is 19.7 Å². The summed E-state index contributed by atoms with van der Waals surface area (Å²) >= 11 is 0. The molecule has 2 heterocycles. The van der Waals surface area contributed by atoms with Crippen LogP contribution in [0.25, 0.3) is 0 Å². The van der Waals surface area contributed by atoms with Crippen molar-refractivity contribution in [2.24, 2.45) is 7.05 Å². The summed E-state index contributed by atoms with van der Waals surface area (Å²) in [6.07, 6.45) is 2.69. The summed E-state index contributed by atoms with van der Waals surface area (Å²) in [5, 5.41) is 10.5. The first-order valence-corrected chi connectivity index (χ1v) is 7.07. The lowest BCUT2D eigenvalue weighted by Gasteiger charge is -2.10. The molecule has 0 spiro atoms. The number of aromatic nitrogens is 4. The van der Waals surface area contributed by atoms with Gasteiger partial charge in [0, 0.05) is 51.6 Å². The number of aryl methyl sites for hydroxylation is 1. The van der Waals surface area contributed by atoms with Gasteiger partial charge in [0.2, 0.25) is 0 Å². The number of hydrogen-bond donors (Lipinski definition) is 2. The highest BCUT2D eigenvalue weighted by molar-refractivity contribution is 5.47. The third-order valence-electron chi connectivity index (χ3n) is 3.07. The maximum atomic E-state index is 5.36. The van der Waals surface area contributed by atoms with Gasteiger partial charge in [-0.15, -0.1) is 0 Å². The fraction of sp³-hybridized carbons (Fsp3) is 0.500. The van der Waals surface area contributed by atoms with Crippen LogP contribution in [0.5, 0.6) is 0 Å². The molecule has 0 bridgehead atoms. The number of ether oxygens (including phenoxy) is 1. The van der Waals surface area contributed by atoms with E-state index in [1.807, 2.05) is 37.8 Å². The summed E-state index contributed by atoms with van der Waals surface area (Å²) in [6.45, 7) is 3.81. The summed E-state index contributed by atoms with van der Waals surface area (Å²) in [5.41, 5.74) is 1.18. The molecule has 21 heavy (non-hydrogen) atoms. The SMILES string of the molecule is CCOCc1nc(NC)cc(NCCc2ccnn2C)n1. The van der Waals surface area contributed by atoms with Gasteiger partial charge in [0.15, 0.2) is 5.82 Å². The fourth-order valence-electron chi connectivity index (χ4n) is 1.94. The maximum absolute atomic E-state index is 5.36. The van der Waals surface area contributed by atoms with E-state index in [9.17, 15) is 0 Å². The predicted molar refractivity (Wildman–Crippen MR) is 82.3 cm³/mol. The van der Waals surface area contributed by atoms with E-state index < -0.39 is 0 Å². The molecule has 0 aliphatic heterocycles. The molecule has 0 radical (unpaired) electrons. The second-order valence-corrected chi connectivity index (χ2v) is 4.56. The Morgan fingerprint density at radius 1 is 1.29 bits per heavy atom. The van der Waals surface area contributed by atoms with Crippen molar-refractivity contribution in [1.29, 1.82) is 0 Å². The molecule has 2 N–H and O–H groups in total. The van der Waals surface area contributed by atoms with Crippen LogP contribution >= 0.6 is 0 Å². The van der Waals surface area contributed by atoms with Crippen LogP contribution < -0.4 is 10.6 Å². The van der Waals surface area contributed by atoms with Crippen molar-refractivity contribution in [3.8, 4) is 0 Å². The maximum Gasteiger partial charge on any atom is 0.158 e. The zero-order chi connectivity index (χ0) is 15.1. The molecular weight excluding hydrogens is 268 g/mol. The standard InChI is InChI=1S/C14H22N6O/c1-4-21-10-14-18-12(15-2)9-13(19-14)16-7-5-11-6-8-17-20(11)3/h6,8-9H,4-5,7,10H2,1-3H3,(H2,15,16,18,19). The van der Waals surface area contributed by atoms with E-state index in [1.54, 1.807) is 6.20 Å². The Kier molecular flexibility index (Phi) is 5.51. The molecule has 7 nitrogen and oxygen atoms in total. The highest BCUT2D eigenvalue weighted by atomic mass is 16.5. The number of nitrogens with one attached hydrogen (secondary N) is 2. The van der Waals surface area contributed by atoms with Crippen molar-refractivity contribution in [2.45, 2.75) is 20.0 Å². The minimum Gasteiger partial charge on any atom is -0.374 e. The van der Waals surface area contributed by atoms with Crippen LogP contribution in [-0.4, -0.2) is 39.9 Å². The minimum atomic E-state index is 0.419. The first kappa shape index (κ1) is 15.2. The molecule has 0 saturated carbocycles. The smallest absolute Gasteiger partial charge is 0.158 e.